The number of hydrogen-bond donors (Lipinski definition) is 1. The third-order valence-electron chi connectivity index (χ3n) is 9.80. The van der Waals surface area contributed by atoms with Gasteiger partial charge in [0, 0.05) is 41.5 Å². The van der Waals surface area contributed by atoms with Gasteiger partial charge in [0.05, 0.1) is 36.5 Å². The van der Waals surface area contributed by atoms with Gasteiger partial charge < -0.3 is 24.4 Å². The second kappa shape index (κ2) is 15.3. The van der Waals surface area contributed by atoms with Crippen LogP contribution in [0.4, 0.5) is 18.0 Å². The number of carbonyl (C=O) groups excluding carboxylic acids is 2. The van der Waals surface area contributed by atoms with Crippen LogP contribution in [-0.2, 0) is 24.3 Å². The van der Waals surface area contributed by atoms with E-state index in [4.69, 9.17) is 24.3 Å². The van der Waals surface area contributed by atoms with Gasteiger partial charge in [0.15, 0.2) is 17.4 Å². The molecule has 5 aromatic rings. The van der Waals surface area contributed by atoms with Crippen molar-refractivity contribution in [2.24, 2.45) is 5.92 Å². The Morgan fingerprint density at radius 1 is 1.00 bits per heavy atom. The molecule has 2 amide bonds. The van der Waals surface area contributed by atoms with Gasteiger partial charge in [-0.1, -0.05) is 24.3 Å². The summed E-state index contributed by atoms with van der Waals surface area (Å²) < 4.78 is 62.5. The molecule has 0 saturated heterocycles. The van der Waals surface area contributed by atoms with Crippen LogP contribution in [0.3, 0.4) is 0 Å². The van der Waals surface area contributed by atoms with Crippen molar-refractivity contribution in [1.29, 1.82) is 0 Å². The molecule has 1 saturated carbocycles. The maximum absolute atomic E-state index is 14.9. The van der Waals surface area contributed by atoms with Gasteiger partial charge in [0.2, 0.25) is 5.82 Å². The lowest BCUT2D eigenvalue weighted by molar-refractivity contribution is 0.0225. The lowest BCUT2D eigenvalue weighted by Crippen LogP contribution is -2.39. The molecule has 2 aromatic heterocycles. The first-order valence-electron chi connectivity index (χ1n) is 18.0. The topological polar surface area (TPSA) is 108 Å². The summed E-state index contributed by atoms with van der Waals surface area (Å²) in [6, 6.07) is 13.6. The third kappa shape index (κ3) is 8.18. The predicted octanol–water partition coefficient (Wildman–Crippen LogP) is 8.62. The molecule has 1 N–H and O–H groups in total. The first-order valence-corrected chi connectivity index (χ1v) is 18.8. The molecule has 0 bridgehead atoms. The average Bonchev–Trinajstić information content (AvgIpc) is 3.79. The highest BCUT2D eigenvalue weighted by Crippen LogP contribution is 2.36. The number of rotatable bonds is 9. The summed E-state index contributed by atoms with van der Waals surface area (Å²) in [5.41, 5.74) is 2.19. The molecule has 7 rings (SSSR count). The first kappa shape index (κ1) is 37.2. The van der Waals surface area contributed by atoms with E-state index in [2.05, 4.69) is 5.32 Å². The van der Waals surface area contributed by atoms with Crippen molar-refractivity contribution >= 4 is 34.2 Å². The molecular weight excluding hydrogens is 720 g/mol. The van der Waals surface area contributed by atoms with Gasteiger partial charge in [-0.25, -0.2) is 18.6 Å². The van der Waals surface area contributed by atoms with Gasteiger partial charge in [0.1, 0.15) is 23.0 Å². The van der Waals surface area contributed by atoms with Crippen LogP contribution in [0.1, 0.15) is 79.0 Å². The van der Waals surface area contributed by atoms with Crippen molar-refractivity contribution in [2.45, 2.75) is 77.7 Å². The van der Waals surface area contributed by atoms with E-state index in [1.807, 2.05) is 49.8 Å². The molecule has 10 nitrogen and oxygen atoms in total. The summed E-state index contributed by atoms with van der Waals surface area (Å²) in [5.74, 6) is -5.21. The largest absolute Gasteiger partial charge is 0.497 e. The molecule has 0 atom stereocenters. The SMILES string of the molecule is COc1ccc(COc2c(F)cc(C(=O)NCC3CCC(n4cc5ccc(-c6nc7c(s6)CN(C(=O)OC(C)(C)C)CC7)cc5n4)CC3)c(F)c2F)cc1. The number of aromatic nitrogens is 3. The summed E-state index contributed by atoms with van der Waals surface area (Å²) in [7, 11) is 1.52. The number of nitrogens with zero attached hydrogens (tertiary/aromatic N) is 4. The van der Waals surface area contributed by atoms with Gasteiger partial charge in [-0.3, -0.25) is 9.48 Å². The summed E-state index contributed by atoms with van der Waals surface area (Å²) in [5, 5.41) is 9.49. The van der Waals surface area contributed by atoms with Crippen LogP contribution in [0.25, 0.3) is 21.5 Å². The zero-order valence-electron chi connectivity index (χ0n) is 30.6. The highest BCUT2D eigenvalue weighted by molar-refractivity contribution is 7.15. The van der Waals surface area contributed by atoms with Crippen LogP contribution in [0, 0.1) is 23.4 Å². The highest BCUT2D eigenvalue weighted by atomic mass is 32.1. The molecule has 14 heteroatoms. The standard InChI is InChI=1S/C40H42F3N5O5S/c1-40(2,3)53-39(50)47-16-15-31-33(21-47)54-38(45-31)25-9-10-26-20-48(46-32(26)17-25)27-11-5-23(6-12-27)19-44-37(49)29-18-30(41)36(35(43)34(29)42)52-22-24-7-13-28(51-4)14-8-24/h7-10,13-14,17-18,20,23,27H,5-6,11-12,15-16,19,21-22H2,1-4H3,(H,44,49). The molecule has 54 heavy (non-hydrogen) atoms. The molecule has 1 fully saturated rings. The number of amides is 2. The molecule has 1 aliphatic heterocycles. The van der Waals surface area contributed by atoms with Crippen LogP contribution >= 0.6 is 11.3 Å². The molecule has 3 heterocycles. The predicted molar refractivity (Wildman–Crippen MR) is 198 cm³/mol. The zero-order chi connectivity index (χ0) is 38.1. The number of thiazole rings is 1. The zero-order valence-corrected chi connectivity index (χ0v) is 31.4. The lowest BCUT2D eigenvalue weighted by atomic mass is 9.86. The number of halogens is 3. The van der Waals surface area contributed by atoms with Crippen LogP contribution in [0.2, 0.25) is 0 Å². The minimum absolute atomic E-state index is 0.119. The molecule has 284 valence electrons. The van der Waals surface area contributed by atoms with Gasteiger partial charge in [-0.2, -0.15) is 9.49 Å². The van der Waals surface area contributed by atoms with E-state index in [9.17, 15) is 22.8 Å². The second-order valence-electron chi connectivity index (χ2n) is 14.8. The fraction of sp³-hybridized carbons (Fsp3) is 0.400. The minimum Gasteiger partial charge on any atom is -0.497 e. The summed E-state index contributed by atoms with van der Waals surface area (Å²) >= 11 is 1.59. The minimum atomic E-state index is -1.55. The highest BCUT2D eigenvalue weighted by Gasteiger charge is 2.29. The Bertz CT molecular complexity index is 2170. The maximum atomic E-state index is 14.9. The monoisotopic (exact) mass is 761 g/mol. The van der Waals surface area contributed by atoms with E-state index in [1.54, 1.807) is 40.5 Å². The molecule has 1 aliphatic carbocycles. The van der Waals surface area contributed by atoms with Gasteiger partial charge in [-0.05, 0) is 82.2 Å². The number of fused-ring (bicyclic) bond motifs is 2. The van der Waals surface area contributed by atoms with E-state index in [0.717, 1.165) is 57.7 Å². The van der Waals surface area contributed by atoms with Crippen molar-refractivity contribution in [3.8, 4) is 22.1 Å². The van der Waals surface area contributed by atoms with E-state index in [-0.39, 0.29) is 31.2 Å². The van der Waals surface area contributed by atoms with E-state index in [1.165, 1.54) is 7.11 Å². The Morgan fingerprint density at radius 3 is 2.48 bits per heavy atom. The van der Waals surface area contributed by atoms with Crippen LogP contribution < -0.4 is 14.8 Å². The number of methoxy groups -OCH3 is 1. The number of benzene rings is 3. The van der Waals surface area contributed by atoms with E-state index < -0.39 is 40.3 Å². The quantitative estimate of drug-likeness (QED) is 0.150. The fourth-order valence-electron chi connectivity index (χ4n) is 6.86. The summed E-state index contributed by atoms with van der Waals surface area (Å²) in [4.78, 5) is 33.2. The first-order chi connectivity index (χ1) is 25.8. The normalized spacial score (nSPS) is 17.3. The Balaban J connectivity index is 0.922. The number of hydrogen-bond acceptors (Lipinski definition) is 8. The van der Waals surface area contributed by atoms with Gasteiger partial charge in [0.25, 0.3) is 5.91 Å². The van der Waals surface area contributed by atoms with Crippen molar-refractivity contribution in [3.05, 3.63) is 93.9 Å². The Kier molecular flexibility index (Phi) is 10.6. The molecule has 0 radical (unpaired) electrons. The Morgan fingerprint density at radius 2 is 1.76 bits per heavy atom. The number of nitrogens with one attached hydrogen (secondary N) is 1. The number of ether oxygens (including phenoxy) is 3. The van der Waals surface area contributed by atoms with E-state index in [0.29, 0.717) is 36.9 Å². The van der Waals surface area contributed by atoms with E-state index >= 15 is 0 Å². The smallest absolute Gasteiger partial charge is 0.410 e. The summed E-state index contributed by atoms with van der Waals surface area (Å²) in [6.07, 6.45) is 5.65. The Hall–Kier alpha value is -5.11. The molecular formula is C40H42F3N5O5S. The maximum Gasteiger partial charge on any atom is 0.410 e. The van der Waals surface area contributed by atoms with Crippen LogP contribution in [0.15, 0.2) is 54.7 Å². The van der Waals surface area contributed by atoms with Crippen LogP contribution in [-0.4, -0.2) is 57.5 Å². The van der Waals surface area contributed by atoms with Crippen molar-refractivity contribution < 1.29 is 37.0 Å². The van der Waals surface area contributed by atoms with Gasteiger partial charge in [-0.15, -0.1) is 11.3 Å². The van der Waals surface area contributed by atoms with Crippen molar-refractivity contribution in [2.75, 3.05) is 20.2 Å². The van der Waals surface area contributed by atoms with Crippen molar-refractivity contribution in [3.63, 3.8) is 0 Å². The third-order valence-corrected chi connectivity index (χ3v) is 10.9. The molecule has 2 aliphatic rings. The fourth-order valence-corrected chi connectivity index (χ4v) is 7.98. The lowest BCUT2D eigenvalue weighted by Gasteiger charge is -2.29. The second-order valence-corrected chi connectivity index (χ2v) is 15.9. The Labute approximate surface area is 315 Å². The number of carbonyl (C=O) groups is 2. The van der Waals surface area contributed by atoms with Gasteiger partial charge >= 0.3 is 6.09 Å². The van der Waals surface area contributed by atoms with Crippen LogP contribution in [0.5, 0.6) is 11.5 Å². The van der Waals surface area contributed by atoms with Crippen molar-refractivity contribution in [1.82, 2.24) is 25.0 Å². The summed E-state index contributed by atoms with van der Waals surface area (Å²) in [6.45, 7) is 6.69. The average molecular weight is 762 g/mol. The molecule has 0 spiro atoms. The molecule has 0 unspecified atom stereocenters. The molecule has 3 aromatic carbocycles.